The van der Waals surface area contributed by atoms with Crippen molar-refractivity contribution in [3.63, 3.8) is 0 Å². The molecule has 3 N–H and O–H groups in total. The molecule has 110 valence electrons. The van der Waals surface area contributed by atoms with E-state index < -0.39 is 24.0 Å². The Hall–Kier alpha value is -0.303. The van der Waals surface area contributed by atoms with E-state index in [1.807, 2.05) is 0 Å². The molecule has 0 fully saturated rings. The van der Waals surface area contributed by atoms with Crippen LogP contribution >= 0.6 is 15.6 Å². The van der Waals surface area contributed by atoms with E-state index in [0.717, 1.165) is 0 Å². The fraction of sp³-hybridized carbons (Fsp3) is 0.333. The summed E-state index contributed by atoms with van der Waals surface area (Å²) in [4.78, 5) is 26.6. The molecule has 0 aromatic carbocycles. The van der Waals surface area contributed by atoms with Crippen LogP contribution in [-0.2, 0) is 17.7 Å². The molecule has 1 atom stereocenters. The van der Waals surface area contributed by atoms with Crippen LogP contribution in [0.1, 0.15) is 0 Å². The van der Waals surface area contributed by atoms with Gasteiger partial charge < -0.3 is 18.9 Å². The first-order valence-corrected chi connectivity index (χ1v) is 10.8. The minimum Gasteiger partial charge on any atom is -0.328 e. The Balaban J connectivity index is 5.22. The van der Waals surface area contributed by atoms with Gasteiger partial charge in [0.15, 0.2) is 0 Å². The number of hydrogen-bond acceptors (Lipinski definition) is 4. The Bertz CT molecular complexity index is 404. The third-order valence-electron chi connectivity index (χ3n) is 2.07. The zero-order valence-electron chi connectivity index (χ0n) is 10.3. The quantitative estimate of drug-likeness (QED) is 0.321. The molecule has 0 saturated heterocycles. The second-order valence-electron chi connectivity index (χ2n) is 3.79. The van der Waals surface area contributed by atoms with Gasteiger partial charge in [-0.15, -0.1) is 19.7 Å². The summed E-state index contributed by atoms with van der Waals surface area (Å²) in [5.74, 6) is 0. The van der Waals surface area contributed by atoms with E-state index in [-0.39, 0.29) is 0 Å². The highest BCUT2D eigenvalue weighted by Crippen LogP contribution is 2.59. The van der Waals surface area contributed by atoms with E-state index in [9.17, 15) is 14.0 Å². The monoisotopic (exact) mass is 328 g/mol. The molecule has 7 nitrogen and oxygen atoms in total. The summed E-state index contributed by atoms with van der Waals surface area (Å²) in [5.41, 5.74) is 0. The summed E-state index contributed by atoms with van der Waals surface area (Å²) in [6, 6.07) is 0.875. The Kier molecular flexibility index (Phi) is 7.35. The van der Waals surface area contributed by atoms with Crippen molar-refractivity contribution in [2.45, 2.75) is 18.1 Å². The van der Waals surface area contributed by atoms with Crippen molar-refractivity contribution in [1.82, 2.24) is 0 Å². The van der Waals surface area contributed by atoms with E-state index in [2.05, 4.69) is 24.0 Å². The maximum Gasteiger partial charge on any atom is 0.478 e. The standard InChI is InChI=1S/C9H18O7P2Si/c1-4-7-19(8-5-2,9-6-3)16-18(13,14)15-17(10,11)12/h4-6H,1-3,7-9H2,(H,13,14)(H2,10,11,12). The van der Waals surface area contributed by atoms with Crippen LogP contribution in [0.2, 0.25) is 18.1 Å². The van der Waals surface area contributed by atoms with Gasteiger partial charge in [0.1, 0.15) is 0 Å². The molecule has 0 rings (SSSR count). The van der Waals surface area contributed by atoms with E-state index >= 15 is 0 Å². The smallest absolute Gasteiger partial charge is 0.328 e. The Morgan fingerprint density at radius 1 is 0.947 bits per heavy atom. The largest absolute Gasteiger partial charge is 0.478 e. The molecule has 0 radical (unpaired) electrons. The predicted molar refractivity (Wildman–Crippen MR) is 74.8 cm³/mol. The fourth-order valence-electron chi connectivity index (χ4n) is 1.55. The maximum absolute atomic E-state index is 11.6. The van der Waals surface area contributed by atoms with Crippen LogP contribution < -0.4 is 0 Å². The minimum atomic E-state index is -5.12. The molecule has 0 aromatic rings. The molecule has 1 unspecified atom stereocenters. The molecule has 0 aliphatic rings. The van der Waals surface area contributed by atoms with Crippen LogP contribution in [0, 0.1) is 0 Å². The molecule has 0 saturated carbocycles. The van der Waals surface area contributed by atoms with Gasteiger partial charge in [-0.25, -0.2) is 9.13 Å². The van der Waals surface area contributed by atoms with Crippen LogP contribution in [0.15, 0.2) is 38.0 Å². The first-order chi connectivity index (χ1) is 8.60. The highest BCUT2D eigenvalue weighted by molar-refractivity contribution is 7.61. The highest BCUT2D eigenvalue weighted by Gasteiger charge is 2.42. The number of rotatable bonds is 10. The molecule has 10 heteroatoms. The lowest BCUT2D eigenvalue weighted by Crippen LogP contribution is -2.35. The second kappa shape index (κ2) is 7.47. The summed E-state index contributed by atoms with van der Waals surface area (Å²) in [7, 11) is -12.9. The molecule has 0 aromatic heterocycles. The van der Waals surface area contributed by atoms with Crippen molar-refractivity contribution < 1.29 is 32.3 Å². The van der Waals surface area contributed by atoms with Gasteiger partial charge in [-0.1, -0.05) is 18.2 Å². The molecule has 0 spiro atoms. The van der Waals surface area contributed by atoms with Crippen molar-refractivity contribution in [2.75, 3.05) is 0 Å². The average molecular weight is 328 g/mol. The minimum absolute atomic E-state index is 0.292. The van der Waals surface area contributed by atoms with Gasteiger partial charge in [-0.2, -0.15) is 4.31 Å². The van der Waals surface area contributed by atoms with Gasteiger partial charge in [0.25, 0.3) is 0 Å². The molecule has 0 aliphatic heterocycles. The van der Waals surface area contributed by atoms with Crippen molar-refractivity contribution in [3.05, 3.63) is 38.0 Å². The third-order valence-corrected chi connectivity index (χ3v) is 9.31. The average Bonchev–Trinajstić information content (AvgIpc) is 2.13. The van der Waals surface area contributed by atoms with Crippen LogP contribution in [0.25, 0.3) is 0 Å². The van der Waals surface area contributed by atoms with Gasteiger partial charge in [0, 0.05) is 0 Å². The zero-order valence-corrected chi connectivity index (χ0v) is 13.1. The van der Waals surface area contributed by atoms with Crippen molar-refractivity contribution in [2.24, 2.45) is 0 Å². The van der Waals surface area contributed by atoms with E-state index in [0.29, 0.717) is 18.1 Å². The summed E-state index contributed by atoms with van der Waals surface area (Å²) < 4.78 is 31.1. The molecule has 0 amide bonds. The highest BCUT2D eigenvalue weighted by atomic mass is 31.3. The Morgan fingerprint density at radius 2 is 1.32 bits per heavy atom. The van der Waals surface area contributed by atoms with Gasteiger partial charge in [-0.05, 0) is 18.1 Å². The lowest BCUT2D eigenvalue weighted by atomic mass is 10.7. The zero-order chi connectivity index (χ0) is 15.2. The molecule has 0 aliphatic carbocycles. The summed E-state index contributed by atoms with van der Waals surface area (Å²) >= 11 is 0. The van der Waals surface area contributed by atoms with Crippen LogP contribution in [0.3, 0.4) is 0 Å². The van der Waals surface area contributed by atoms with Gasteiger partial charge >= 0.3 is 15.6 Å². The predicted octanol–water partition coefficient (Wildman–Crippen LogP) is 2.72. The topological polar surface area (TPSA) is 113 Å². The summed E-state index contributed by atoms with van der Waals surface area (Å²) in [6.07, 6.45) is 4.53. The number of phosphoric acid groups is 2. The molecule has 0 bridgehead atoms. The Morgan fingerprint density at radius 3 is 1.58 bits per heavy atom. The van der Waals surface area contributed by atoms with Gasteiger partial charge in [0.2, 0.25) is 8.32 Å². The van der Waals surface area contributed by atoms with E-state index in [1.165, 1.54) is 18.2 Å². The SMILES string of the molecule is C=CC[Si](CC=C)(CC=C)OP(=O)(O)OP(=O)(O)O. The van der Waals surface area contributed by atoms with Crippen molar-refractivity contribution in [1.29, 1.82) is 0 Å². The molecular formula is C9H18O7P2Si. The van der Waals surface area contributed by atoms with E-state index in [1.54, 1.807) is 0 Å². The Labute approximate surface area is 113 Å². The van der Waals surface area contributed by atoms with Crippen LogP contribution in [0.4, 0.5) is 0 Å². The van der Waals surface area contributed by atoms with Crippen LogP contribution in [-0.4, -0.2) is 23.0 Å². The molecule has 19 heavy (non-hydrogen) atoms. The second-order valence-corrected chi connectivity index (χ2v) is 10.7. The lowest BCUT2D eigenvalue weighted by Gasteiger charge is -2.29. The fourth-order valence-corrected chi connectivity index (χ4v) is 7.99. The van der Waals surface area contributed by atoms with Gasteiger partial charge in [-0.3, -0.25) is 0 Å². The molecule has 0 heterocycles. The third kappa shape index (κ3) is 7.76. The summed E-state index contributed by atoms with van der Waals surface area (Å²) in [5, 5.41) is 0. The van der Waals surface area contributed by atoms with Crippen LogP contribution in [0.5, 0.6) is 0 Å². The normalized spacial score (nSPS) is 15.5. The number of allylic oxidation sites excluding steroid dienone is 3. The maximum atomic E-state index is 11.6. The van der Waals surface area contributed by atoms with Gasteiger partial charge in [0.05, 0.1) is 0 Å². The first kappa shape index (κ1) is 18.7. The number of hydrogen-bond donors (Lipinski definition) is 3. The molecular weight excluding hydrogens is 310 g/mol. The van der Waals surface area contributed by atoms with E-state index in [4.69, 9.17) is 14.0 Å². The van der Waals surface area contributed by atoms with Crippen molar-refractivity contribution in [3.8, 4) is 0 Å². The first-order valence-electron chi connectivity index (χ1n) is 5.23. The van der Waals surface area contributed by atoms with Crippen molar-refractivity contribution >= 4 is 24.0 Å². The lowest BCUT2D eigenvalue weighted by molar-refractivity contribution is 0.227. The summed E-state index contributed by atoms with van der Waals surface area (Å²) in [6.45, 7) is 10.6.